The molecule has 6 heteroatoms. The first-order valence-corrected chi connectivity index (χ1v) is 10.6. The molecule has 0 spiro atoms. The molecule has 0 unspecified atom stereocenters. The summed E-state index contributed by atoms with van der Waals surface area (Å²) in [5.41, 5.74) is 2.11. The number of rotatable bonds is 6. The van der Waals surface area contributed by atoms with E-state index in [0.29, 0.717) is 17.9 Å². The number of anilines is 1. The molecular formula is C20H21NO3S2. The van der Waals surface area contributed by atoms with E-state index in [1.807, 2.05) is 41.3 Å². The van der Waals surface area contributed by atoms with E-state index in [4.69, 9.17) is 0 Å². The first kappa shape index (κ1) is 18.9. The van der Waals surface area contributed by atoms with Gasteiger partial charge in [-0.1, -0.05) is 42.5 Å². The lowest BCUT2D eigenvalue weighted by atomic mass is 10.1. The second-order valence-corrected chi connectivity index (χ2v) is 8.01. The first-order chi connectivity index (χ1) is 12.7. The van der Waals surface area contributed by atoms with Gasteiger partial charge in [0.15, 0.2) is 0 Å². The van der Waals surface area contributed by atoms with Crippen LogP contribution in [0.2, 0.25) is 0 Å². The van der Waals surface area contributed by atoms with Crippen molar-refractivity contribution in [3.05, 3.63) is 60.2 Å². The quantitative estimate of drug-likeness (QED) is 0.550. The van der Waals surface area contributed by atoms with Gasteiger partial charge in [-0.05, 0) is 17.7 Å². The fourth-order valence-electron chi connectivity index (χ4n) is 2.90. The Labute approximate surface area is 162 Å². The lowest BCUT2D eigenvalue weighted by Crippen LogP contribution is -2.39. The topological polar surface area (TPSA) is 46.6 Å². The van der Waals surface area contributed by atoms with Gasteiger partial charge in [0, 0.05) is 16.4 Å². The second-order valence-electron chi connectivity index (χ2n) is 5.85. The summed E-state index contributed by atoms with van der Waals surface area (Å²) in [7, 11) is 1.38. The average Bonchev–Trinajstić information content (AvgIpc) is 2.70. The van der Waals surface area contributed by atoms with Crippen LogP contribution in [0.5, 0.6) is 0 Å². The Morgan fingerprint density at radius 1 is 1.15 bits per heavy atom. The summed E-state index contributed by atoms with van der Waals surface area (Å²) in [6, 6.07) is 18.2. The number of methoxy groups -OCH3 is 1. The van der Waals surface area contributed by atoms with Crippen LogP contribution >= 0.6 is 23.5 Å². The van der Waals surface area contributed by atoms with Crippen molar-refractivity contribution in [3.8, 4) is 0 Å². The summed E-state index contributed by atoms with van der Waals surface area (Å²) in [5, 5.41) is 0. The van der Waals surface area contributed by atoms with Crippen molar-refractivity contribution in [2.24, 2.45) is 0 Å². The maximum Gasteiger partial charge on any atom is 0.306 e. The molecule has 1 amide bonds. The number of amides is 1. The first-order valence-electron chi connectivity index (χ1n) is 8.44. The van der Waals surface area contributed by atoms with Crippen molar-refractivity contribution >= 4 is 41.1 Å². The van der Waals surface area contributed by atoms with Crippen molar-refractivity contribution in [2.45, 2.75) is 17.4 Å². The number of hydrogen-bond acceptors (Lipinski definition) is 5. The lowest BCUT2D eigenvalue weighted by molar-refractivity contribution is -0.140. The molecule has 0 saturated heterocycles. The van der Waals surface area contributed by atoms with Crippen LogP contribution in [0.3, 0.4) is 0 Å². The van der Waals surface area contributed by atoms with Crippen LogP contribution in [0.4, 0.5) is 5.69 Å². The van der Waals surface area contributed by atoms with E-state index >= 15 is 0 Å². The molecule has 1 atom stereocenters. The number of carbonyl (C=O) groups is 2. The van der Waals surface area contributed by atoms with E-state index in [2.05, 4.69) is 22.9 Å². The number of carbonyl (C=O) groups excluding carboxylic acids is 2. The normalized spacial score (nSPS) is 16.0. The summed E-state index contributed by atoms with van der Waals surface area (Å²) < 4.78 is 4.64. The van der Waals surface area contributed by atoms with Gasteiger partial charge in [0.05, 0.1) is 31.0 Å². The molecule has 0 bridgehead atoms. The van der Waals surface area contributed by atoms with E-state index in [0.717, 1.165) is 21.9 Å². The molecular weight excluding hydrogens is 366 g/mol. The molecule has 3 rings (SSSR count). The number of para-hydroxylation sites is 1. The number of fused-ring (bicyclic) bond motifs is 1. The molecule has 0 aromatic heterocycles. The molecule has 1 aliphatic heterocycles. The predicted octanol–water partition coefficient (Wildman–Crippen LogP) is 4.16. The molecule has 2 aromatic carbocycles. The number of ether oxygens (including phenoxy) is 1. The average molecular weight is 388 g/mol. The van der Waals surface area contributed by atoms with Gasteiger partial charge in [0.1, 0.15) is 0 Å². The Kier molecular flexibility index (Phi) is 6.63. The Morgan fingerprint density at radius 2 is 1.88 bits per heavy atom. The zero-order chi connectivity index (χ0) is 18.4. The third-order valence-corrected chi connectivity index (χ3v) is 6.27. The minimum Gasteiger partial charge on any atom is -0.469 e. The predicted molar refractivity (Wildman–Crippen MR) is 108 cm³/mol. The van der Waals surface area contributed by atoms with E-state index in [1.165, 1.54) is 18.9 Å². The highest BCUT2D eigenvalue weighted by molar-refractivity contribution is 8.00. The molecule has 136 valence electrons. The molecule has 0 aliphatic carbocycles. The number of esters is 1. The fraction of sp³-hybridized carbons (Fsp3) is 0.300. The fourth-order valence-corrected chi connectivity index (χ4v) is 4.84. The van der Waals surface area contributed by atoms with Gasteiger partial charge in [-0.3, -0.25) is 9.59 Å². The number of thioether (sulfide) groups is 2. The number of nitrogens with zero attached hydrogens (tertiary/aromatic N) is 1. The monoisotopic (exact) mass is 387 g/mol. The van der Waals surface area contributed by atoms with Gasteiger partial charge in [-0.25, -0.2) is 0 Å². The van der Waals surface area contributed by atoms with E-state index < -0.39 is 0 Å². The smallest absolute Gasteiger partial charge is 0.306 e. The Morgan fingerprint density at radius 3 is 2.65 bits per heavy atom. The van der Waals surface area contributed by atoms with Crippen molar-refractivity contribution in [3.63, 3.8) is 0 Å². The molecule has 1 heterocycles. The second kappa shape index (κ2) is 9.14. The van der Waals surface area contributed by atoms with E-state index in [1.54, 1.807) is 11.8 Å². The van der Waals surface area contributed by atoms with Gasteiger partial charge in [0.2, 0.25) is 5.91 Å². The third kappa shape index (κ3) is 4.43. The maximum absolute atomic E-state index is 13.0. The zero-order valence-corrected chi connectivity index (χ0v) is 16.2. The van der Waals surface area contributed by atoms with Gasteiger partial charge < -0.3 is 9.64 Å². The zero-order valence-electron chi connectivity index (χ0n) is 14.6. The van der Waals surface area contributed by atoms with E-state index in [-0.39, 0.29) is 17.9 Å². The minimum absolute atomic E-state index is 0.0183. The summed E-state index contributed by atoms with van der Waals surface area (Å²) in [6.45, 7) is 0. The molecule has 0 saturated carbocycles. The summed E-state index contributed by atoms with van der Waals surface area (Å²) in [4.78, 5) is 27.3. The molecule has 1 aliphatic rings. The maximum atomic E-state index is 13.0. The molecule has 26 heavy (non-hydrogen) atoms. The Balaban J connectivity index is 1.77. The van der Waals surface area contributed by atoms with Crippen molar-refractivity contribution in [1.82, 2.24) is 0 Å². The van der Waals surface area contributed by atoms with Crippen LogP contribution < -0.4 is 4.90 Å². The van der Waals surface area contributed by atoms with Gasteiger partial charge in [0.25, 0.3) is 0 Å². The van der Waals surface area contributed by atoms with Gasteiger partial charge in [-0.2, -0.15) is 11.8 Å². The number of benzene rings is 2. The van der Waals surface area contributed by atoms with E-state index in [9.17, 15) is 9.59 Å². The molecule has 0 N–H and O–H groups in total. The molecule has 0 fully saturated rings. The molecule has 0 radical (unpaired) electrons. The largest absolute Gasteiger partial charge is 0.469 e. The van der Waals surface area contributed by atoms with Crippen LogP contribution in [-0.4, -0.2) is 36.2 Å². The van der Waals surface area contributed by atoms with Crippen LogP contribution in [-0.2, 0) is 14.3 Å². The molecule has 4 nitrogen and oxygen atoms in total. The van der Waals surface area contributed by atoms with Crippen molar-refractivity contribution in [2.75, 3.05) is 29.3 Å². The highest BCUT2D eigenvalue weighted by atomic mass is 32.2. The summed E-state index contributed by atoms with van der Waals surface area (Å²) in [5.74, 6) is 1.59. The van der Waals surface area contributed by atoms with Crippen LogP contribution in [0.1, 0.15) is 18.0 Å². The highest BCUT2D eigenvalue weighted by Gasteiger charge is 2.32. The summed E-state index contributed by atoms with van der Waals surface area (Å²) >= 11 is 3.26. The van der Waals surface area contributed by atoms with Crippen molar-refractivity contribution in [1.29, 1.82) is 0 Å². The standard InChI is InChI=1S/C20H21NO3S2/c1-24-20(23)11-12-25-14-19(22)21-16-9-5-6-10-18(16)26-13-17(21)15-7-3-2-4-8-15/h2-10,17H,11-14H2,1H3/t17-/m1/s1. The minimum atomic E-state index is -0.244. The Bertz CT molecular complexity index is 767. The van der Waals surface area contributed by atoms with Crippen LogP contribution in [0.15, 0.2) is 59.5 Å². The highest BCUT2D eigenvalue weighted by Crippen LogP contribution is 2.43. The molecule has 2 aromatic rings. The third-order valence-electron chi connectivity index (χ3n) is 4.19. The van der Waals surface area contributed by atoms with Gasteiger partial charge >= 0.3 is 5.97 Å². The number of hydrogen-bond donors (Lipinski definition) is 0. The lowest BCUT2D eigenvalue weighted by Gasteiger charge is -2.37. The Hall–Kier alpha value is -1.92. The SMILES string of the molecule is COC(=O)CCSCC(=O)N1c2ccccc2SC[C@@H]1c1ccccc1. The van der Waals surface area contributed by atoms with Gasteiger partial charge in [-0.15, -0.1) is 11.8 Å². The summed E-state index contributed by atoms with van der Waals surface area (Å²) in [6.07, 6.45) is 0.322. The van der Waals surface area contributed by atoms with Crippen LogP contribution in [0.25, 0.3) is 0 Å². The van der Waals surface area contributed by atoms with Crippen molar-refractivity contribution < 1.29 is 14.3 Å². The van der Waals surface area contributed by atoms with Crippen LogP contribution in [0, 0.1) is 0 Å².